The van der Waals surface area contributed by atoms with E-state index < -0.39 is 10.0 Å². The number of hydrogen-bond acceptors (Lipinski definition) is 8. The molecule has 2 saturated heterocycles. The first-order valence-electron chi connectivity index (χ1n) is 11.9. The van der Waals surface area contributed by atoms with E-state index >= 15 is 0 Å². The number of nitrogens with zero attached hydrogens (tertiary/aromatic N) is 4. The molecule has 0 unspecified atom stereocenters. The van der Waals surface area contributed by atoms with Crippen molar-refractivity contribution < 1.29 is 17.9 Å². The van der Waals surface area contributed by atoms with E-state index in [-0.39, 0.29) is 10.8 Å². The summed E-state index contributed by atoms with van der Waals surface area (Å²) in [5.74, 6) is -0.211. The van der Waals surface area contributed by atoms with E-state index in [0.29, 0.717) is 38.4 Å². The van der Waals surface area contributed by atoms with Crippen molar-refractivity contribution in [3.8, 4) is 0 Å². The number of rotatable bonds is 7. The van der Waals surface area contributed by atoms with E-state index in [4.69, 9.17) is 21.3 Å². The lowest BCUT2D eigenvalue weighted by Crippen LogP contribution is -2.48. The Morgan fingerprint density at radius 1 is 1.03 bits per heavy atom. The van der Waals surface area contributed by atoms with Gasteiger partial charge in [-0.3, -0.25) is 9.69 Å². The minimum atomic E-state index is -3.57. The van der Waals surface area contributed by atoms with Gasteiger partial charge >= 0.3 is 0 Å². The van der Waals surface area contributed by atoms with Crippen LogP contribution in [0.2, 0.25) is 5.02 Å². The number of carbonyl (C=O) groups is 1. The first-order chi connectivity index (χ1) is 17.4. The van der Waals surface area contributed by atoms with Crippen molar-refractivity contribution in [2.75, 3.05) is 70.5 Å². The molecule has 0 aliphatic carbocycles. The molecule has 2 fully saturated rings. The van der Waals surface area contributed by atoms with Crippen molar-refractivity contribution in [1.29, 1.82) is 0 Å². The summed E-state index contributed by atoms with van der Waals surface area (Å²) in [6.45, 7) is 6.27. The summed E-state index contributed by atoms with van der Waals surface area (Å²) < 4.78 is 33.2. The first kappa shape index (κ1) is 25.4. The zero-order valence-electron chi connectivity index (χ0n) is 19.7. The number of nitrogens with one attached hydrogen (secondary N) is 1. The number of benzene rings is 2. The van der Waals surface area contributed by atoms with E-state index in [1.807, 2.05) is 18.2 Å². The van der Waals surface area contributed by atoms with E-state index in [9.17, 15) is 13.2 Å². The molecule has 1 aromatic heterocycles. The Hall–Kier alpha value is -2.28. The number of anilines is 1. The van der Waals surface area contributed by atoms with Gasteiger partial charge in [0, 0.05) is 62.9 Å². The van der Waals surface area contributed by atoms with Crippen LogP contribution in [0.15, 0.2) is 47.4 Å². The van der Waals surface area contributed by atoms with Crippen LogP contribution in [0.3, 0.4) is 0 Å². The van der Waals surface area contributed by atoms with Gasteiger partial charge in [-0.05, 0) is 42.5 Å². The number of morpholine rings is 1. The number of sulfonamides is 1. The molecule has 2 aliphatic heterocycles. The molecule has 5 rings (SSSR count). The van der Waals surface area contributed by atoms with Gasteiger partial charge in [0.2, 0.25) is 10.0 Å². The molecule has 192 valence electrons. The van der Waals surface area contributed by atoms with Crippen LogP contribution < -0.4 is 10.2 Å². The maximum atomic E-state index is 12.7. The highest BCUT2D eigenvalue weighted by molar-refractivity contribution is 7.89. The van der Waals surface area contributed by atoms with Gasteiger partial charge in [-0.15, -0.1) is 0 Å². The van der Waals surface area contributed by atoms with Gasteiger partial charge in [0.15, 0.2) is 5.13 Å². The Morgan fingerprint density at radius 2 is 1.75 bits per heavy atom. The number of aromatic nitrogens is 1. The molecule has 0 spiro atoms. The van der Waals surface area contributed by atoms with E-state index in [2.05, 4.69) is 15.1 Å². The number of amides is 1. The summed E-state index contributed by atoms with van der Waals surface area (Å²) in [6, 6.07) is 11.9. The Labute approximate surface area is 219 Å². The number of halogens is 1. The Balaban J connectivity index is 1.08. The molecule has 9 nitrogen and oxygen atoms in total. The second-order valence-electron chi connectivity index (χ2n) is 8.73. The average molecular weight is 550 g/mol. The SMILES string of the molecule is O=C(NCCN1CCN(c2nc3ccc(Cl)cc3s2)CC1)c1ccc(S(=O)(=O)N2CCOCC2)cc1. The third-order valence-electron chi connectivity index (χ3n) is 6.42. The Bertz CT molecular complexity index is 1320. The molecule has 2 aliphatic rings. The molecule has 0 bridgehead atoms. The zero-order valence-corrected chi connectivity index (χ0v) is 22.1. The fourth-order valence-electron chi connectivity index (χ4n) is 4.33. The molecule has 3 heterocycles. The fraction of sp³-hybridized carbons (Fsp3) is 0.417. The molecule has 0 radical (unpaired) electrons. The van der Waals surface area contributed by atoms with Crippen LogP contribution in [-0.2, 0) is 14.8 Å². The molecule has 0 saturated carbocycles. The lowest BCUT2D eigenvalue weighted by molar-refractivity contribution is 0.0730. The van der Waals surface area contributed by atoms with Gasteiger partial charge in [-0.2, -0.15) is 4.31 Å². The maximum Gasteiger partial charge on any atom is 0.251 e. The second kappa shape index (κ2) is 11.0. The summed E-state index contributed by atoms with van der Waals surface area (Å²) >= 11 is 7.75. The Kier molecular flexibility index (Phi) is 7.75. The highest BCUT2D eigenvalue weighted by Crippen LogP contribution is 2.31. The monoisotopic (exact) mass is 549 g/mol. The van der Waals surface area contributed by atoms with E-state index in [0.717, 1.165) is 53.1 Å². The molecule has 0 atom stereocenters. The summed E-state index contributed by atoms with van der Waals surface area (Å²) in [5.41, 5.74) is 1.41. The third-order valence-corrected chi connectivity index (χ3v) is 9.65. The van der Waals surface area contributed by atoms with E-state index in [1.165, 1.54) is 16.4 Å². The predicted molar refractivity (Wildman–Crippen MR) is 142 cm³/mol. The summed E-state index contributed by atoms with van der Waals surface area (Å²) in [4.78, 5) is 22.1. The molecule has 3 aromatic rings. The number of carbonyl (C=O) groups excluding carboxylic acids is 1. The highest BCUT2D eigenvalue weighted by atomic mass is 35.5. The van der Waals surface area contributed by atoms with Crippen molar-refractivity contribution in [3.63, 3.8) is 0 Å². The van der Waals surface area contributed by atoms with Gasteiger partial charge in [-0.25, -0.2) is 13.4 Å². The van der Waals surface area contributed by atoms with Crippen LogP contribution in [0.4, 0.5) is 5.13 Å². The van der Waals surface area contributed by atoms with Gasteiger partial charge in [-0.1, -0.05) is 22.9 Å². The lowest BCUT2D eigenvalue weighted by Gasteiger charge is -2.34. The normalized spacial score (nSPS) is 18.0. The lowest BCUT2D eigenvalue weighted by atomic mass is 10.2. The molecular formula is C24H28ClN5O4S2. The molecular weight excluding hydrogens is 522 g/mol. The van der Waals surface area contributed by atoms with Gasteiger partial charge in [0.25, 0.3) is 5.91 Å². The van der Waals surface area contributed by atoms with Crippen LogP contribution in [0.25, 0.3) is 10.2 Å². The van der Waals surface area contributed by atoms with Crippen LogP contribution in [0.1, 0.15) is 10.4 Å². The summed E-state index contributed by atoms with van der Waals surface area (Å²) in [5, 5.41) is 4.67. The minimum Gasteiger partial charge on any atom is -0.379 e. The molecule has 12 heteroatoms. The smallest absolute Gasteiger partial charge is 0.251 e. The average Bonchev–Trinajstić information content (AvgIpc) is 3.33. The molecule has 36 heavy (non-hydrogen) atoms. The fourth-order valence-corrected chi connectivity index (χ4v) is 7.03. The van der Waals surface area contributed by atoms with Gasteiger partial charge in [0.05, 0.1) is 28.3 Å². The molecule has 1 N–H and O–H groups in total. The largest absolute Gasteiger partial charge is 0.379 e. The van der Waals surface area contributed by atoms with Crippen LogP contribution in [0, 0.1) is 0 Å². The predicted octanol–water partition coefficient (Wildman–Crippen LogP) is 2.52. The van der Waals surface area contributed by atoms with Gasteiger partial charge < -0.3 is 15.0 Å². The van der Waals surface area contributed by atoms with Crippen molar-refractivity contribution in [2.24, 2.45) is 0 Å². The standard InChI is InChI=1S/C24H28ClN5O4S2/c25-19-3-6-21-22(17-19)35-24(27-21)29-11-9-28(10-12-29)8-7-26-23(31)18-1-4-20(5-2-18)36(32,33)30-13-15-34-16-14-30/h1-6,17H,7-16H2,(H,26,31). The van der Waals surface area contributed by atoms with Crippen molar-refractivity contribution in [1.82, 2.24) is 19.5 Å². The number of thiazole rings is 1. The number of ether oxygens (including phenoxy) is 1. The first-order valence-corrected chi connectivity index (χ1v) is 14.5. The zero-order chi connectivity index (χ0) is 25.1. The minimum absolute atomic E-state index is 0.190. The second-order valence-corrected chi connectivity index (χ2v) is 12.1. The third kappa shape index (κ3) is 5.66. The van der Waals surface area contributed by atoms with E-state index in [1.54, 1.807) is 23.5 Å². The summed E-state index contributed by atoms with van der Waals surface area (Å²) in [6.07, 6.45) is 0. The van der Waals surface area contributed by atoms with Gasteiger partial charge in [0.1, 0.15) is 0 Å². The molecule has 1 amide bonds. The summed E-state index contributed by atoms with van der Waals surface area (Å²) in [7, 11) is -3.57. The molecule has 2 aromatic carbocycles. The topological polar surface area (TPSA) is 95.1 Å². The maximum absolute atomic E-state index is 12.7. The van der Waals surface area contributed by atoms with Crippen LogP contribution >= 0.6 is 22.9 Å². The van der Waals surface area contributed by atoms with Crippen molar-refractivity contribution in [2.45, 2.75) is 4.90 Å². The highest BCUT2D eigenvalue weighted by Gasteiger charge is 2.26. The van der Waals surface area contributed by atoms with Crippen LogP contribution in [-0.4, -0.2) is 94.1 Å². The Morgan fingerprint density at radius 3 is 2.47 bits per heavy atom. The van der Waals surface area contributed by atoms with Crippen molar-refractivity contribution >= 4 is 54.2 Å². The van der Waals surface area contributed by atoms with Crippen LogP contribution in [0.5, 0.6) is 0 Å². The number of piperazine rings is 1. The quantitative estimate of drug-likeness (QED) is 0.484. The van der Waals surface area contributed by atoms with Crippen molar-refractivity contribution in [3.05, 3.63) is 53.1 Å². The number of hydrogen-bond donors (Lipinski definition) is 1. The number of fused-ring (bicyclic) bond motifs is 1.